The van der Waals surface area contributed by atoms with Gasteiger partial charge in [0.05, 0.1) is 42.3 Å². The number of hydrazine groups is 1. The summed E-state index contributed by atoms with van der Waals surface area (Å²) in [4.78, 5) is 4.11. The molecular formula is C25H20FN5O. The Morgan fingerprint density at radius 2 is 1.81 bits per heavy atom. The Hall–Kier alpha value is -4.39. The first kappa shape index (κ1) is 19.6. The van der Waals surface area contributed by atoms with E-state index in [9.17, 15) is 0 Å². The van der Waals surface area contributed by atoms with Gasteiger partial charge < -0.3 is 4.74 Å². The van der Waals surface area contributed by atoms with E-state index in [1.54, 1.807) is 55.1 Å². The molecule has 0 amide bonds. The van der Waals surface area contributed by atoms with E-state index in [1.807, 2.05) is 59.3 Å². The van der Waals surface area contributed by atoms with Crippen molar-refractivity contribution in [3.8, 4) is 16.8 Å². The minimum absolute atomic E-state index is 0.359. The number of hydrogen-bond donors (Lipinski definition) is 1. The van der Waals surface area contributed by atoms with Crippen molar-refractivity contribution in [3.05, 3.63) is 115 Å². The van der Waals surface area contributed by atoms with Gasteiger partial charge in [0.1, 0.15) is 5.76 Å². The number of anilines is 1. The molecule has 7 heteroatoms. The molecule has 0 radical (unpaired) electrons. The van der Waals surface area contributed by atoms with Crippen LogP contribution in [-0.4, -0.2) is 21.9 Å². The third kappa shape index (κ3) is 3.60. The monoisotopic (exact) mass is 425 g/mol. The molecule has 1 aliphatic rings. The Bertz CT molecular complexity index is 1300. The van der Waals surface area contributed by atoms with Crippen LogP contribution in [0.15, 0.2) is 103 Å². The number of rotatable bonds is 5. The molecule has 32 heavy (non-hydrogen) atoms. The van der Waals surface area contributed by atoms with Crippen LogP contribution >= 0.6 is 0 Å². The molecule has 3 heterocycles. The summed E-state index contributed by atoms with van der Waals surface area (Å²) in [5, 5.41) is 6.07. The van der Waals surface area contributed by atoms with Crippen molar-refractivity contribution in [2.24, 2.45) is 0 Å². The van der Waals surface area contributed by atoms with Crippen LogP contribution in [0, 0.1) is 5.82 Å². The van der Waals surface area contributed by atoms with Gasteiger partial charge in [-0.15, -0.1) is 0 Å². The zero-order valence-corrected chi connectivity index (χ0v) is 17.3. The summed E-state index contributed by atoms with van der Waals surface area (Å²) in [6, 6.07) is 20.6. The fraction of sp³-hybridized carbons (Fsp3) is 0.0400. The van der Waals surface area contributed by atoms with Crippen molar-refractivity contribution < 1.29 is 9.13 Å². The normalized spacial score (nSPS) is 13.2. The zero-order chi connectivity index (χ0) is 21.9. The minimum atomic E-state index is -0.363. The summed E-state index contributed by atoms with van der Waals surface area (Å²) < 4.78 is 22.9. The van der Waals surface area contributed by atoms with Crippen LogP contribution in [0.4, 0.5) is 10.1 Å². The van der Waals surface area contributed by atoms with Crippen LogP contribution in [0.5, 0.6) is 0 Å². The summed E-state index contributed by atoms with van der Waals surface area (Å²) in [6.45, 7) is 0. The molecule has 0 saturated heterocycles. The number of para-hydroxylation sites is 1. The van der Waals surface area contributed by atoms with Crippen molar-refractivity contribution in [1.29, 1.82) is 0 Å². The van der Waals surface area contributed by atoms with Gasteiger partial charge in [-0.25, -0.2) is 9.07 Å². The molecule has 2 aromatic heterocycles. The van der Waals surface area contributed by atoms with Crippen LogP contribution in [0.1, 0.15) is 5.69 Å². The lowest BCUT2D eigenvalue weighted by Gasteiger charge is -2.29. The Labute approximate surface area is 184 Å². The van der Waals surface area contributed by atoms with Gasteiger partial charge in [-0.2, -0.15) is 5.10 Å². The average Bonchev–Trinajstić information content (AvgIpc) is 3.35. The van der Waals surface area contributed by atoms with Gasteiger partial charge in [-0.3, -0.25) is 15.4 Å². The van der Waals surface area contributed by atoms with Crippen molar-refractivity contribution in [2.45, 2.75) is 0 Å². The number of halogens is 1. The van der Waals surface area contributed by atoms with Gasteiger partial charge in [-0.05, 0) is 30.3 Å². The zero-order valence-electron chi connectivity index (χ0n) is 17.3. The number of allylic oxidation sites excluding steroid dienone is 1. The van der Waals surface area contributed by atoms with Crippen molar-refractivity contribution >= 4 is 11.4 Å². The Balaban J connectivity index is 1.54. The van der Waals surface area contributed by atoms with Gasteiger partial charge in [0.2, 0.25) is 0 Å². The van der Waals surface area contributed by atoms with Crippen LogP contribution in [0.25, 0.3) is 22.5 Å². The van der Waals surface area contributed by atoms with Crippen LogP contribution in [-0.2, 0) is 4.74 Å². The van der Waals surface area contributed by atoms with E-state index in [-0.39, 0.29) is 5.82 Å². The molecule has 5 rings (SSSR count). The van der Waals surface area contributed by atoms with E-state index >= 15 is 4.39 Å². The van der Waals surface area contributed by atoms with Crippen LogP contribution in [0.3, 0.4) is 0 Å². The van der Waals surface area contributed by atoms with Crippen molar-refractivity contribution in [2.75, 3.05) is 12.1 Å². The summed E-state index contributed by atoms with van der Waals surface area (Å²) in [6.07, 6.45) is 8.60. The third-order valence-electron chi connectivity index (χ3n) is 5.15. The molecule has 0 unspecified atom stereocenters. The fourth-order valence-corrected chi connectivity index (χ4v) is 3.61. The van der Waals surface area contributed by atoms with Gasteiger partial charge in [0.15, 0.2) is 5.82 Å². The minimum Gasteiger partial charge on any atom is -0.495 e. The molecule has 1 N–H and O–H groups in total. The van der Waals surface area contributed by atoms with Gasteiger partial charge >= 0.3 is 0 Å². The first-order valence-corrected chi connectivity index (χ1v) is 10.1. The number of ether oxygens (including phenoxy) is 1. The highest BCUT2D eigenvalue weighted by Gasteiger charge is 2.22. The van der Waals surface area contributed by atoms with Crippen molar-refractivity contribution in [3.63, 3.8) is 0 Å². The lowest BCUT2D eigenvalue weighted by molar-refractivity contribution is 0.303. The Kier molecular flexibility index (Phi) is 5.13. The second-order valence-electron chi connectivity index (χ2n) is 7.12. The molecule has 0 atom stereocenters. The standard InChI is InChI=1S/C25H20FN5O/c1-32-20-15-22(23-12-14-28-31(23)19-8-3-2-4-9-19)29-30(17-20)24-11-5-10-21(25(24)26)18-7-6-13-27-16-18/h2-17,29H,1H3. The highest BCUT2D eigenvalue weighted by atomic mass is 19.1. The highest BCUT2D eigenvalue weighted by Crippen LogP contribution is 2.32. The second kappa shape index (κ2) is 8.39. The molecule has 0 aliphatic carbocycles. The second-order valence-corrected chi connectivity index (χ2v) is 7.12. The topological polar surface area (TPSA) is 55.2 Å². The molecule has 0 bridgehead atoms. The number of aromatic nitrogens is 3. The van der Waals surface area contributed by atoms with Crippen LogP contribution < -0.4 is 10.4 Å². The number of benzene rings is 2. The fourth-order valence-electron chi connectivity index (χ4n) is 3.61. The smallest absolute Gasteiger partial charge is 0.156 e. The van der Waals surface area contributed by atoms with E-state index in [2.05, 4.69) is 15.5 Å². The molecule has 6 nitrogen and oxygen atoms in total. The van der Waals surface area contributed by atoms with Gasteiger partial charge in [-0.1, -0.05) is 36.4 Å². The molecule has 0 saturated carbocycles. The Morgan fingerprint density at radius 3 is 2.59 bits per heavy atom. The predicted octanol–water partition coefficient (Wildman–Crippen LogP) is 4.93. The van der Waals surface area contributed by atoms with E-state index < -0.39 is 0 Å². The van der Waals surface area contributed by atoms with E-state index in [1.165, 1.54) is 0 Å². The average molecular weight is 425 g/mol. The maximum atomic E-state index is 15.6. The number of pyridine rings is 1. The SMILES string of the molecule is COC1=CN(c2cccc(-c3cccnc3)c2F)NC(c2ccnn2-c2ccccc2)=C1. The van der Waals surface area contributed by atoms with E-state index in [0.29, 0.717) is 22.6 Å². The maximum absolute atomic E-state index is 15.6. The lowest BCUT2D eigenvalue weighted by Crippen LogP contribution is -2.36. The maximum Gasteiger partial charge on any atom is 0.156 e. The molecule has 0 fully saturated rings. The summed E-state index contributed by atoms with van der Waals surface area (Å²) in [7, 11) is 1.58. The van der Waals surface area contributed by atoms with Crippen LogP contribution in [0.2, 0.25) is 0 Å². The predicted molar refractivity (Wildman–Crippen MR) is 122 cm³/mol. The van der Waals surface area contributed by atoms with Crippen molar-refractivity contribution in [1.82, 2.24) is 20.2 Å². The largest absolute Gasteiger partial charge is 0.495 e. The number of nitrogens with one attached hydrogen (secondary N) is 1. The molecule has 4 aromatic rings. The van der Waals surface area contributed by atoms with E-state index in [4.69, 9.17) is 4.74 Å². The summed E-state index contributed by atoms with van der Waals surface area (Å²) >= 11 is 0. The van der Waals surface area contributed by atoms with E-state index in [0.717, 1.165) is 17.1 Å². The lowest BCUT2D eigenvalue weighted by atomic mass is 10.1. The number of methoxy groups -OCH3 is 1. The molecule has 2 aromatic carbocycles. The molecular weight excluding hydrogens is 405 g/mol. The van der Waals surface area contributed by atoms with Gasteiger partial charge in [0.25, 0.3) is 0 Å². The highest BCUT2D eigenvalue weighted by molar-refractivity contribution is 5.74. The Morgan fingerprint density at radius 1 is 0.938 bits per heavy atom. The number of nitrogens with zero attached hydrogens (tertiary/aromatic N) is 4. The molecule has 158 valence electrons. The van der Waals surface area contributed by atoms with Gasteiger partial charge in [0, 0.05) is 29.6 Å². The third-order valence-corrected chi connectivity index (χ3v) is 5.15. The first-order valence-electron chi connectivity index (χ1n) is 10.1. The summed E-state index contributed by atoms with van der Waals surface area (Å²) in [5.74, 6) is 0.211. The summed E-state index contributed by atoms with van der Waals surface area (Å²) in [5.41, 5.74) is 7.27. The molecule has 1 aliphatic heterocycles. The molecule has 0 spiro atoms. The number of hydrogen-bond acceptors (Lipinski definition) is 5. The first-order chi connectivity index (χ1) is 15.7. The quantitative estimate of drug-likeness (QED) is 0.492.